The quantitative estimate of drug-likeness (QED) is 0.597. The van der Waals surface area contributed by atoms with E-state index in [9.17, 15) is 0 Å². The van der Waals surface area contributed by atoms with Crippen LogP contribution >= 0.6 is 0 Å². The van der Waals surface area contributed by atoms with Gasteiger partial charge >= 0.3 is 0 Å². The summed E-state index contributed by atoms with van der Waals surface area (Å²) in [6.45, 7) is 3.47. The van der Waals surface area contributed by atoms with Crippen LogP contribution in [0.3, 0.4) is 0 Å². The largest absolute Gasteiger partial charge is 0.310 e. The van der Waals surface area contributed by atoms with Crippen molar-refractivity contribution in [3.8, 4) is 0 Å². The van der Waals surface area contributed by atoms with Crippen LogP contribution in [-0.2, 0) is 0 Å². The lowest BCUT2D eigenvalue weighted by Gasteiger charge is -2.25. The van der Waals surface area contributed by atoms with E-state index in [2.05, 4.69) is 18.3 Å². The minimum absolute atomic E-state index is 0.689. The fourth-order valence-electron chi connectivity index (χ4n) is 3.97. The second-order valence-corrected chi connectivity index (χ2v) is 6.97. The topological polar surface area (TPSA) is 12.0 Å². The summed E-state index contributed by atoms with van der Waals surface area (Å²) in [5, 5.41) is 3.84. The summed E-state index contributed by atoms with van der Waals surface area (Å²) >= 11 is 0. The van der Waals surface area contributed by atoms with Gasteiger partial charge in [0.15, 0.2) is 0 Å². The van der Waals surface area contributed by atoms with Crippen molar-refractivity contribution in [1.82, 2.24) is 5.32 Å². The van der Waals surface area contributed by atoms with Gasteiger partial charge in [0.25, 0.3) is 0 Å². The maximum Gasteiger partial charge on any atom is 0.0279 e. The van der Waals surface area contributed by atoms with Crippen LogP contribution in [0, 0.1) is 5.92 Å². The van der Waals surface area contributed by atoms with Crippen LogP contribution < -0.4 is 5.32 Å². The Hall–Kier alpha value is -0.300. The van der Waals surface area contributed by atoms with Crippen molar-refractivity contribution in [3.63, 3.8) is 0 Å². The van der Waals surface area contributed by atoms with Gasteiger partial charge < -0.3 is 5.32 Å². The molecule has 0 saturated heterocycles. The predicted octanol–water partition coefficient (Wildman–Crippen LogP) is 5.61. The van der Waals surface area contributed by atoms with Crippen LogP contribution in [0.1, 0.15) is 90.4 Å². The van der Waals surface area contributed by atoms with Gasteiger partial charge in [-0.1, -0.05) is 57.1 Å². The minimum Gasteiger partial charge on any atom is -0.310 e. The summed E-state index contributed by atoms with van der Waals surface area (Å²) in [4.78, 5) is 0. The molecule has 0 radical (unpaired) electrons. The molecule has 1 fully saturated rings. The Labute approximate surface area is 126 Å². The molecule has 2 aliphatic carbocycles. The zero-order valence-electron chi connectivity index (χ0n) is 13.6. The molecule has 0 aromatic rings. The fraction of sp³-hybridized carbons (Fsp3) is 0.895. The highest BCUT2D eigenvalue weighted by Gasteiger charge is 2.19. The van der Waals surface area contributed by atoms with E-state index in [-0.39, 0.29) is 0 Å². The molecule has 116 valence electrons. The molecule has 1 unspecified atom stereocenters. The van der Waals surface area contributed by atoms with Gasteiger partial charge in [-0.2, -0.15) is 0 Å². The van der Waals surface area contributed by atoms with Crippen LogP contribution in [0.4, 0.5) is 0 Å². The predicted molar refractivity (Wildman–Crippen MR) is 89.1 cm³/mol. The number of hydrogen-bond acceptors (Lipinski definition) is 1. The van der Waals surface area contributed by atoms with Gasteiger partial charge in [0.1, 0.15) is 0 Å². The maximum atomic E-state index is 3.84. The molecular weight excluding hydrogens is 242 g/mol. The van der Waals surface area contributed by atoms with Crippen molar-refractivity contribution in [3.05, 3.63) is 11.6 Å². The van der Waals surface area contributed by atoms with E-state index in [0.717, 1.165) is 5.92 Å². The monoisotopic (exact) mass is 277 g/mol. The minimum atomic E-state index is 0.689. The zero-order valence-corrected chi connectivity index (χ0v) is 13.6. The Bertz CT molecular complexity index is 275. The molecule has 1 atom stereocenters. The van der Waals surface area contributed by atoms with Crippen molar-refractivity contribution in [2.75, 3.05) is 6.54 Å². The number of rotatable bonds is 7. The molecule has 1 nitrogen and oxygen atoms in total. The number of nitrogens with one attached hydrogen (secondary N) is 1. The smallest absolute Gasteiger partial charge is 0.0279 e. The average molecular weight is 277 g/mol. The van der Waals surface area contributed by atoms with Gasteiger partial charge in [-0.05, 0) is 57.4 Å². The first-order chi connectivity index (χ1) is 9.90. The van der Waals surface area contributed by atoms with Gasteiger partial charge in [0.05, 0.1) is 0 Å². The van der Waals surface area contributed by atoms with Gasteiger partial charge in [-0.3, -0.25) is 0 Å². The Kier molecular flexibility index (Phi) is 7.72. The summed E-state index contributed by atoms with van der Waals surface area (Å²) in [6, 6.07) is 0.689. The lowest BCUT2D eigenvalue weighted by molar-refractivity contribution is 0.421. The van der Waals surface area contributed by atoms with Crippen LogP contribution in [0.5, 0.6) is 0 Å². The molecule has 1 N–H and O–H groups in total. The molecule has 1 saturated carbocycles. The molecule has 20 heavy (non-hydrogen) atoms. The standard InChI is InChI=1S/C19H35N/c1-2-16-20-19(15-14-17-10-8-9-11-17)18-12-6-4-3-5-7-13-18/h12,17,19-20H,2-11,13-16H2,1H3. The van der Waals surface area contributed by atoms with Crippen molar-refractivity contribution < 1.29 is 0 Å². The number of allylic oxidation sites excluding steroid dienone is 1. The molecule has 0 bridgehead atoms. The molecular formula is C19H35N. The Morgan fingerprint density at radius 1 is 1.10 bits per heavy atom. The lowest BCUT2D eigenvalue weighted by Crippen LogP contribution is -2.32. The fourth-order valence-corrected chi connectivity index (χ4v) is 3.97. The van der Waals surface area contributed by atoms with Crippen molar-refractivity contribution in [2.45, 2.75) is 96.4 Å². The Morgan fingerprint density at radius 2 is 1.90 bits per heavy atom. The SMILES string of the molecule is CCCNC(CCC1CCCC1)C1=CCCCCCC1. The highest BCUT2D eigenvalue weighted by atomic mass is 14.9. The molecule has 2 aliphatic rings. The van der Waals surface area contributed by atoms with Gasteiger partial charge in [-0.15, -0.1) is 0 Å². The van der Waals surface area contributed by atoms with Crippen LogP contribution in [0.15, 0.2) is 11.6 Å². The van der Waals surface area contributed by atoms with E-state index >= 15 is 0 Å². The van der Waals surface area contributed by atoms with Gasteiger partial charge in [0, 0.05) is 6.04 Å². The second-order valence-electron chi connectivity index (χ2n) is 6.97. The molecule has 0 aromatic carbocycles. The first-order valence-electron chi connectivity index (χ1n) is 9.32. The Morgan fingerprint density at radius 3 is 2.70 bits per heavy atom. The van der Waals surface area contributed by atoms with Crippen LogP contribution in [0.25, 0.3) is 0 Å². The summed E-state index contributed by atoms with van der Waals surface area (Å²) in [7, 11) is 0. The maximum absolute atomic E-state index is 3.84. The second kappa shape index (κ2) is 9.60. The van der Waals surface area contributed by atoms with E-state index in [1.54, 1.807) is 5.57 Å². The molecule has 2 rings (SSSR count). The van der Waals surface area contributed by atoms with Gasteiger partial charge in [0.2, 0.25) is 0 Å². The van der Waals surface area contributed by atoms with E-state index in [4.69, 9.17) is 0 Å². The molecule has 0 amide bonds. The first-order valence-corrected chi connectivity index (χ1v) is 9.32. The molecule has 0 heterocycles. The van der Waals surface area contributed by atoms with E-state index in [1.807, 2.05) is 0 Å². The molecule has 0 spiro atoms. The number of hydrogen-bond donors (Lipinski definition) is 1. The van der Waals surface area contributed by atoms with Crippen molar-refractivity contribution >= 4 is 0 Å². The third kappa shape index (κ3) is 5.60. The zero-order chi connectivity index (χ0) is 14.0. The summed E-state index contributed by atoms with van der Waals surface area (Å²) in [5.41, 5.74) is 1.75. The summed E-state index contributed by atoms with van der Waals surface area (Å²) in [6.07, 6.45) is 21.0. The summed E-state index contributed by atoms with van der Waals surface area (Å²) in [5.74, 6) is 1.04. The molecule has 1 heteroatoms. The lowest BCUT2D eigenvalue weighted by atomic mass is 9.90. The van der Waals surface area contributed by atoms with E-state index in [0.29, 0.717) is 6.04 Å². The van der Waals surface area contributed by atoms with E-state index in [1.165, 1.54) is 90.0 Å². The van der Waals surface area contributed by atoms with Crippen molar-refractivity contribution in [1.29, 1.82) is 0 Å². The highest BCUT2D eigenvalue weighted by Crippen LogP contribution is 2.30. The average Bonchev–Trinajstić information content (AvgIpc) is 2.93. The summed E-state index contributed by atoms with van der Waals surface area (Å²) < 4.78 is 0. The Balaban J connectivity index is 1.86. The highest BCUT2D eigenvalue weighted by molar-refractivity contribution is 5.11. The van der Waals surface area contributed by atoms with Crippen molar-refractivity contribution in [2.24, 2.45) is 5.92 Å². The van der Waals surface area contributed by atoms with Crippen LogP contribution in [0.2, 0.25) is 0 Å². The van der Waals surface area contributed by atoms with Gasteiger partial charge in [-0.25, -0.2) is 0 Å². The van der Waals surface area contributed by atoms with Crippen LogP contribution in [-0.4, -0.2) is 12.6 Å². The van der Waals surface area contributed by atoms with E-state index < -0.39 is 0 Å². The molecule has 0 aliphatic heterocycles. The molecule has 0 aromatic heterocycles. The third-order valence-corrected chi connectivity index (χ3v) is 5.25. The normalized spacial score (nSPS) is 23.1. The first kappa shape index (κ1) is 16.1. The third-order valence-electron chi connectivity index (χ3n) is 5.25.